The Morgan fingerprint density at radius 1 is 0.950 bits per heavy atom. The fraction of sp³-hybridized carbons (Fsp3) is 0.161. The fourth-order valence-electron chi connectivity index (χ4n) is 4.95. The molecular weight excluding hydrogens is 562 g/mol. The van der Waals surface area contributed by atoms with Crippen LogP contribution in [-0.2, 0) is 29.5 Å². The molecule has 1 aromatic heterocycles. The summed E-state index contributed by atoms with van der Waals surface area (Å²) in [5.74, 6) is -0.271. The normalized spacial score (nSPS) is 13.8. The zero-order chi connectivity index (χ0) is 27.9. The second-order valence-electron chi connectivity index (χ2n) is 9.80. The number of anilines is 1. The van der Waals surface area contributed by atoms with Crippen LogP contribution in [0.3, 0.4) is 0 Å². The van der Waals surface area contributed by atoms with Gasteiger partial charge in [-0.25, -0.2) is 13.4 Å². The largest absolute Gasteiger partial charge is 0.279 e. The van der Waals surface area contributed by atoms with Gasteiger partial charge in [0.2, 0.25) is 10.0 Å². The molecule has 1 aliphatic heterocycles. The minimum absolute atomic E-state index is 0.167. The number of halogens is 1. The Bertz CT molecular complexity index is 1780. The first-order valence-corrected chi connectivity index (χ1v) is 15.5. The van der Waals surface area contributed by atoms with E-state index in [1.807, 2.05) is 73.7 Å². The highest BCUT2D eigenvalue weighted by Crippen LogP contribution is 2.37. The molecule has 5 aromatic rings. The van der Waals surface area contributed by atoms with E-state index >= 15 is 0 Å². The summed E-state index contributed by atoms with van der Waals surface area (Å²) in [6, 6.07) is 27.6. The smallest absolute Gasteiger partial charge is 0.260 e. The lowest BCUT2D eigenvalue weighted by Gasteiger charge is -2.28. The van der Waals surface area contributed by atoms with Crippen LogP contribution in [0.5, 0.6) is 0 Å². The molecule has 0 saturated heterocycles. The van der Waals surface area contributed by atoms with E-state index in [1.54, 1.807) is 17.0 Å². The first kappa shape index (κ1) is 26.7. The Labute approximate surface area is 242 Å². The number of aromatic nitrogens is 1. The SMILES string of the molecule is Cc1ccc(Cl)c2sc(N(Cc3ccccc3)C(=O)c3ccc(S(=O)(=O)N4CCc5ccccc5C4)cc3)nc12. The number of benzene rings is 4. The summed E-state index contributed by atoms with van der Waals surface area (Å²) in [6.07, 6.45) is 0.673. The van der Waals surface area contributed by atoms with Crippen molar-refractivity contribution in [2.45, 2.75) is 31.3 Å². The second kappa shape index (κ2) is 10.8. The molecule has 0 unspecified atom stereocenters. The summed E-state index contributed by atoms with van der Waals surface area (Å²) in [4.78, 5) is 20.5. The van der Waals surface area contributed by atoms with Gasteiger partial charge in [-0.05, 0) is 65.9 Å². The van der Waals surface area contributed by atoms with Crippen molar-refractivity contribution in [2.75, 3.05) is 11.4 Å². The number of rotatable bonds is 6. The van der Waals surface area contributed by atoms with Gasteiger partial charge in [0.1, 0.15) is 0 Å². The minimum atomic E-state index is -3.71. The van der Waals surface area contributed by atoms with E-state index < -0.39 is 10.0 Å². The molecule has 202 valence electrons. The van der Waals surface area contributed by atoms with E-state index in [-0.39, 0.29) is 10.8 Å². The van der Waals surface area contributed by atoms with Gasteiger partial charge >= 0.3 is 0 Å². The van der Waals surface area contributed by atoms with Crippen molar-refractivity contribution < 1.29 is 13.2 Å². The summed E-state index contributed by atoms with van der Waals surface area (Å²) in [5, 5.41) is 1.12. The summed E-state index contributed by atoms with van der Waals surface area (Å²) >= 11 is 7.83. The number of carbonyl (C=O) groups excluding carboxylic acids is 1. The molecule has 0 atom stereocenters. The monoisotopic (exact) mass is 587 g/mol. The topological polar surface area (TPSA) is 70.6 Å². The van der Waals surface area contributed by atoms with Crippen molar-refractivity contribution >= 4 is 54.2 Å². The molecule has 0 saturated carbocycles. The van der Waals surface area contributed by atoms with E-state index in [2.05, 4.69) is 0 Å². The van der Waals surface area contributed by atoms with Gasteiger partial charge in [0, 0.05) is 18.7 Å². The van der Waals surface area contributed by atoms with Crippen LogP contribution in [0.25, 0.3) is 10.2 Å². The van der Waals surface area contributed by atoms with Gasteiger partial charge < -0.3 is 0 Å². The quantitative estimate of drug-likeness (QED) is 0.218. The molecule has 0 spiro atoms. The molecule has 6 rings (SSSR count). The molecule has 6 nitrogen and oxygen atoms in total. The second-order valence-corrected chi connectivity index (χ2v) is 13.1. The third-order valence-corrected chi connectivity index (χ3v) is 10.6. The van der Waals surface area contributed by atoms with E-state index in [9.17, 15) is 13.2 Å². The standard InChI is InChI=1S/C31H26ClN3O3S2/c1-21-11-16-27(32)29-28(21)33-31(39-29)35(19-22-7-3-2-4-8-22)30(36)24-12-14-26(15-13-24)40(37,38)34-18-17-23-9-5-6-10-25(23)20-34/h2-16H,17-20H2,1H3. The van der Waals surface area contributed by atoms with Crippen LogP contribution in [0, 0.1) is 6.92 Å². The van der Waals surface area contributed by atoms with Crippen molar-refractivity contribution in [1.29, 1.82) is 0 Å². The number of aryl methyl sites for hydroxylation is 1. The number of amides is 1. The molecule has 40 heavy (non-hydrogen) atoms. The molecule has 0 N–H and O–H groups in total. The van der Waals surface area contributed by atoms with Crippen LogP contribution in [0.1, 0.15) is 32.6 Å². The van der Waals surface area contributed by atoms with Crippen LogP contribution < -0.4 is 4.90 Å². The van der Waals surface area contributed by atoms with E-state index in [0.29, 0.717) is 41.8 Å². The molecule has 0 fully saturated rings. The highest BCUT2D eigenvalue weighted by Gasteiger charge is 2.29. The number of thiazole rings is 1. The van der Waals surface area contributed by atoms with Crippen LogP contribution in [-0.4, -0.2) is 30.2 Å². The molecule has 1 aliphatic rings. The summed E-state index contributed by atoms with van der Waals surface area (Å²) in [7, 11) is -3.71. The Morgan fingerprint density at radius 2 is 1.65 bits per heavy atom. The molecule has 9 heteroatoms. The zero-order valence-corrected chi connectivity index (χ0v) is 24.1. The molecule has 0 bridgehead atoms. The van der Waals surface area contributed by atoms with Gasteiger partial charge in [0.05, 0.1) is 26.7 Å². The minimum Gasteiger partial charge on any atom is -0.279 e. The van der Waals surface area contributed by atoms with Crippen molar-refractivity contribution in [3.63, 3.8) is 0 Å². The van der Waals surface area contributed by atoms with Crippen LogP contribution in [0.4, 0.5) is 5.13 Å². The van der Waals surface area contributed by atoms with Crippen molar-refractivity contribution in [2.24, 2.45) is 0 Å². The Morgan fingerprint density at radius 3 is 2.38 bits per heavy atom. The summed E-state index contributed by atoms with van der Waals surface area (Å²) < 4.78 is 29.2. The summed E-state index contributed by atoms with van der Waals surface area (Å²) in [5.41, 5.74) is 5.27. The first-order chi connectivity index (χ1) is 19.3. The highest BCUT2D eigenvalue weighted by atomic mass is 35.5. The Kier molecular flexibility index (Phi) is 7.18. The number of hydrogen-bond donors (Lipinski definition) is 0. The van der Waals surface area contributed by atoms with Crippen LogP contribution in [0.2, 0.25) is 5.02 Å². The van der Waals surface area contributed by atoms with Crippen LogP contribution in [0.15, 0.2) is 95.9 Å². The number of sulfonamides is 1. The molecule has 0 aliphatic carbocycles. The Hall–Kier alpha value is -3.56. The van der Waals surface area contributed by atoms with Gasteiger partial charge in [-0.3, -0.25) is 9.69 Å². The maximum Gasteiger partial charge on any atom is 0.260 e. The average molecular weight is 588 g/mol. The van der Waals surface area contributed by atoms with Gasteiger partial charge in [0.15, 0.2) is 5.13 Å². The summed E-state index contributed by atoms with van der Waals surface area (Å²) in [6.45, 7) is 3.03. The molecule has 2 heterocycles. The van der Waals surface area contributed by atoms with E-state index in [1.165, 1.54) is 33.3 Å². The zero-order valence-electron chi connectivity index (χ0n) is 21.7. The molecule has 4 aromatic carbocycles. The van der Waals surface area contributed by atoms with Crippen molar-refractivity contribution in [3.8, 4) is 0 Å². The number of hydrogen-bond acceptors (Lipinski definition) is 5. The van der Waals surface area contributed by atoms with Gasteiger partial charge in [0.25, 0.3) is 5.91 Å². The maximum atomic E-state index is 13.9. The third kappa shape index (κ3) is 5.04. The highest BCUT2D eigenvalue weighted by molar-refractivity contribution is 7.89. The lowest BCUT2D eigenvalue weighted by molar-refractivity contribution is 0.0985. The van der Waals surface area contributed by atoms with E-state index in [4.69, 9.17) is 16.6 Å². The molecule has 1 amide bonds. The third-order valence-electron chi connectivity index (χ3n) is 7.18. The Balaban J connectivity index is 1.31. The fourth-order valence-corrected chi connectivity index (χ4v) is 7.68. The average Bonchev–Trinajstić information content (AvgIpc) is 3.44. The van der Waals surface area contributed by atoms with Gasteiger partial charge in [-0.2, -0.15) is 4.31 Å². The lowest BCUT2D eigenvalue weighted by Crippen LogP contribution is -2.36. The lowest BCUT2D eigenvalue weighted by atomic mass is 10.0. The maximum absolute atomic E-state index is 13.9. The number of carbonyl (C=O) groups is 1. The predicted octanol–water partition coefficient (Wildman–Crippen LogP) is 6.85. The van der Waals surface area contributed by atoms with Crippen molar-refractivity contribution in [3.05, 3.63) is 124 Å². The first-order valence-electron chi connectivity index (χ1n) is 12.9. The number of nitrogens with zero attached hydrogens (tertiary/aromatic N) is 3. The van der Waals surface area contributed by atoms with E-state index in [0.717, 1.165) is 26.9 Å². The molecular formula is C31H26ClN3O3S2. The van der Waals surface area contributed by atoms with Crippen molar-refractivity contribution in [1.82, 2.24) is 9.29 Å². The van der Waals surface area contributed by atoms with Crippen LogP contribution >= 0.6 is 22.9 Å². The predicted molar refractivity (Wildman–Crippen MR) is 161 cm³/mol. The number of fused-ring (bicyclic) bond motifs is 2. The molecule has 0 radical (unpaired) electrons. The van der Waals surface area contributed by atoms with Gasteiger partial charge in [-0.15, -0.1) is 0 Å². The van der Waals surface area contributed by atoms with Gasteiger partial charge in [-0.1, -0.05) is 83.6 Å².